The Morgan fingerprint density at radius 2 is 1.81 bits per heavy atom. The fourth-order valence-electron chi connectivity index (χ4n) is 6.83. The summed E-state index contributed by atoms with van der Waals surface area (Å²) in [4.78, 5) is 35.4. The van der Waals surface area contributed by atoms with Gasteiger partial charge in [0, 0.05) is 12.8 Å². The van der Waals surface area contributed by atoms with Crippen LogP contribution in [-0.4, -0.2) is 93.3 Å². The SMILES string of the molecule is NC(=O)c1cccc2c1nnn2[C@@H]1OC23C[C@@H]2OP(O)(=S)O[C@H]2[C@@H](F)[C@H](n4cnc5c(N)ncnc54)OC24C[C@H]4OP(=O)(S)O[C@@H]1[C@@H]3F. The number of rotatable bonds is 3. The van der Waals surface area contributed by atoms with Crippen LogP contribution in [0.4, 0.5) is 14.6 Å². The number of alkyl halides is 2. The Morgan fingerprint density at radius 3 is 2.60 bits per heavy atom. The number of primary amides is 1. The smallest absolute Gasteiger partial charge is 0.382 e. The van der Waals surface area contributed by atoms with Gasteiger partial charge in [-0.2, -0.15) is 0 Å². The number of hydrogen-bond acceptors (Lipinski definition) is 15. The van der Waals surface area contributed by atoms with Crippen LogP contribution in [0.25, 0.3) is 22.2 Å². The van der Waals surface area contributed by atoms with E-state index < -0.39 is 79.8 Å². The standard InChI is InChI=1S/C24H23F2N9O9P2S2/c25-12-17-24(39-21(12)34-7-31-14-18(27)29-6-30-20(14)34)5-11(24)42-45(37,47)43-15-16(26)23(4-10(23)41-46(38,48)44-17)40-22(15)35-9-3-1-2-8(19(28)36)13(9)32-33-35/h1-3,6-7,10-12,15-17,21-22H,4-5H2,(H2,28,36)(H,37,47)(H,38,48)(H2,27,29,30)/t10-,11+,12+,15+,16-,17-,21+,22+,23?,24?,45?,46?/m0/s1. The van der Waals surface area contributed by atoms with Crippen LogP contribution < -0.4 is 11.5 Å². The van der Waals surface area contributed by atoms with E-state index in [1.165, 1.54) is 35.4 Å². The first-order valence-electron chi connectivity index (χ1n) is 14.3. The lowest BCUT2D eigenvalue weighted by atomic mass is 10.1. The Kier molecular flexibility index (Phi) is 6.62. The molecule has 3 aromatic heterocycles. The van der Waals surface area contributed by atoms with Gasteiger partial charge in [-0.25, -0.2) is 33.0 Å². The van der Waals surface area contributed by atoms with Gasteiger partial charge in [0.2, 0.25) is 0 Å². The Labute approximate surface area is 277 Å². The molecule has 18 nitrogen and oxygen atoms in total. The minimum Gasteiger partial charge on any atom is -0.382 e. The van der Waals surface area contributed by atoms with E-state index in [-0.39, 0.29) is 46.4 Å². The zero-order valence-corrected chi connectivity index (χ0v) is 27.4. The molecule has 1 aromatic carbocycles. The molecular weight excluding hydrogens is 722 g/mol. The van der Waals surface area contributed by atoms with Crippen molar-refractivity contribution < 1.29 is 50.6 Å². The summed E-state index contributed by atoms with van der Waals surface area (Å²) in [6.45, 7) is -8.87. The molecule has 24 heteroatoms. The lowest BCUT2D eigenvalue weighted by Crippen LogP contribution is -2.35. The molecule has 2 saturated carbocycles. The molecule has 4 aromatic rings. The molecule has 2 spiro atoms. The van der Waals surface area contributed by atoms with Crippen LogP contribution >= 0.6 is 25.8 Å². The number of nitrogen functional groups attached to an aromatic ring is 1. The third-order valence-electron chi connectivity index (χ3n) is 9.23. The van der Waals surface area contributed by atoms with Gasteiger partial charge in [-0.15, -0.1) is 5.10 Å². The molecule has 1 amide bonds. The Hall–Kier alpha value is -2.75. The molecule has 3 aliphatic heterocycles. The summed E-state index contributed by atoms with van der Waals surface area (Å²) < 4.78 is 84.4. The molecule has 12 atom stereocenters. The maximum Gasteiger partial charge on any atom is 0.387 e. The van der Waals surface area contributed by atoms with Crippen molar-refractivity contribution in [2.24, 2.45) is 5.73 Å². The number of thiol groups is 1. The van der Waals surface area contributed by atoms with Crippen molar-refractivity contribution in [2.45, 2.75) is 73.3 Å². The van der Waals surface area contributed by atoms with Crippen molar-refractivity contribution in [1.82, 2.24) is 34.5 Å². The van der Waals surface area contributed by atoms with Gasteiger partial charge in [0.1, 0.15) is 53.0 Å². The third-order valence-corrected chi connectivity index (χ3v) is 12.4. The van der Waals surface area contributed by atoms with Crippen LogP contribution in [0.3, 0.4) is 0 Å². The fraction of sp³-hybridized carbons (Fsp3) is 0.500. The van der Waals surface area contributed by atoms with E-state index in [1.54, 1.807) is 0 Å². The predicted octanol–water partition coefficient (Wildman–Crippen LogP) is 1.78. The van der Waals surface area contributed by atoms with Crippen molar-refractivity contribution in [3.8, 4) is 0 Å². The van der Waals surface area contributed by atoms with E-state index in [2.05, 4.69) is 37.5 Å². The molecule has 2 aliphatic carbocycles. The van der Waals surface area contributed by atoms with Gasteiger partial charge in [0.05, 0.1) is 17.4 Å². The highest BCUT2D eigenvalue weighted by Crippen LogP contribution is 2.70. The number of nitrogens with zero attached hydrogens (tertiary/aromatic N) is 7. The summed E-state index contributed by atoms with van der Waals surface area (Å²) in [5.41, 5.74) is 8.65. The van der Waals surface area contributed by atoms with Gasteiger partial charge in [0.15, 0.2) is 36.3 Å². The normalized spacial score (nSPS) is 43.5. The molecule has 5 aliphatic rings. The van der Waals surface area contributed by atoms with E-state index in [9.17, 15) is 14.3 Å². The molecule has 5 N–H and O–H groups in total. The summed E-state index contributed by atoms with van der Waals surface area (Å²) in [7, 11) is 0. The molecule has 4 unspecified atom stereocenters. The lowest BCUT2D eigenvalue weighted by Gasteiger charge is -2.26. The molecule has 5 fully saturated rings. The quantitative estimate of drug-likeness (QED) is 0.173. The fourth-order valence-corrected chi connectivity index (χ4v) is 10.4. The van der Waals surface area contributed by atoms with Crippen LogP contribution in [0.2, 0.25) is 0 Å². The first-order chi connectivity index (χ1) is 22.7. The molecular formula is C24H23F2N9O9P2S2. The first-order valence-corrected chi connectivity index (χ1v) is 19.6. The largest absolute Gasteiger partial charge is 0.387 e. The van der Waals surface area contributed by atoms with Gasteiger partial charge in [0.25, 0.3) is 5.91 Å². The summed E-state index contributed by atoms with van der Waals surface area (Å²) in [6.07, 6.45) is -10.5. The monoisotopic (exact) mass is 745 g/mol. The van der Waals surface area contributed by atoms with E-state index >= 15 is 8.78 Å². The van der Waals surface area contributed by atoms with Gasteiger partial charge in [-0.05, 0) is 23.9 Å². The van der Waals surface area contributed by atoms with Crippen LogP contribution in [0.15, 0.2) is 30.9 Å². The summed E-state index contributed by atoms with van der Waals surface area (Å²) >= 11 is 9.44. The molecule has 3 saturated heterocycles. The number of aromatic nitrogens is 7. The molecule has 48 heavy (non-hydrogen) atoms. The van der Waals surface area contributed by atoms with E-state index in [1.807, 2.05) is 0 Å². The highest BCUT2D eigenvalue weighted by Gasteiger charge is 2.77. The van der Waals surface area contributed by atoms with Crippen LogP contribution in [0.5, 0.6) is 0 Å². The van der Waals surface area contributed by atoms with Crippen molar-refractivity contribution >= 4 is 71.5 Å². The van der Waals surface area contributed by atoms with Gasteiger partial charge >= 0.3 is 13.5 Å². The number of imidazole rings is 1. The van der Waals surface area contributed by atoms with Crippen molar-refractivity contribution in [1.29, 1.82) is 0 Å². The number of nitrogens with two attached hydrogens (primary N) is 2. The minimum absolute atomic E-state index is 0.0473. The zero-order chi connectivity index (χ0) is 33.5. The predicted molar refractivity (Wildman–Crippen MR) is 163 cm³/mol. The topological polar surface area (TPSA) is 236 Å². The highest BCUT2D eigenvalue weighted by atomic mass is 32.7. The van der Waals surface area contributed by atoms with Crippen LogP contribution in [0.1, 0.15) is 35.7 Å². The maximum atomic E-state index is 16.4. The summed E-state index contributed by atoms with van der Waals surface area (Å²) in [5, 5.41) is 8.07. The maximum absolute atomic E-state index is 16.4. The second-order valence-electron chi connectivity index (χ2n) is 12.1. The van der Waals surface area contributed by atoms with E-state index in [0.29, 0.717) is 0 Å². The van der Waals surface area contributed by atoms with Gasteiger partial charge < -0.3 is 30.4 Å². The van der Waals surface area contributed by atoms with Crippen molar-refractivity contribution in [3.05, 3.63) is 36.4 Å². The van der Waals surface area contributed by atoms with Gasteiger partial charge in [-0.1, -0.05) is 23.5 Å². The van der Waals surface area contributed by atoms with Crippen molar-refractivity contribution in [3.63, 3.8) is 0 Å². The number of benzene rings is 1. The summed E-state index contributed by atoms with van der Waals surface area (Å²) in [6, 6.07) is 4.49. The van der Waals surface area contributed by atoms with Crippen molar-refractivity contribution in [2.75, 3.05) is 5.73 Å². The van der Waals surface area contributed by atoms with Gasteiger partial charge in [-0.3, -0.25) is 22.9 Å². The minimum atomic E-state index is -4.51. The number of ether oxygens (including phenoxy) is 2. The van der Waals surface area contributed by atoms with Crippen LogP contribution in [0, 0.1) is 0 Å². The Bertz CT molecular complexity index is 2150. The third kappa shape index (κ3) is 4.48. The Balaban J connectivity index is 1.08. The number of halogens is 2. The Morgan fingerprint density at radius 1 is 1.06 bits per heavy atom. The highest BCUT2D eigenvalue weighted by molar-refractivity contribution is 8.44. The van der Waals surface area contributed by atoms with E-state index in [4.69, 9.17) is 50.8 Å². The average Bonchev–Trinajstić information content (AvgIpc) is 3.57. The van der Waals surface area contributed by atoms with E-state index in [0.717, 1.165) is 4.68 Å². The molecule has 0 radical (unpaired) electrons. The lowest BCUT2D eigenvalue weighted by molar-refractivity contribution is -0.0715. The molecule has 9 rings (SSSR count). The molecule has 254 valence electrons. The number of carbonyl (C=O) groups is 1. The summed E-state index contributed by atoms with van der Waals surface area (Å²) in [5.74, 6) is -0.724. The molecule has 2 bridgehead atoms. The number of anilines is 1. The second-order valence-corrected chi connectivity index (χ2v) is 17.6. The number of hydrogen-bond donors (Lipinski definition) is 4. The second kappa shape index (κ2) is 10.2. The zero-order valence-electron chi connectivity index (χ0n) is 23.9. The number of fused-ring (bicyclic) bond motifs is 3. The molecule has 6 heterocycles. The first kappa shape index (κ1) is 31.2. The van der Waals surface area contributed by atoms with Crippen LogP contribution in [-0.2, 0) is 43.9 Å². The number of carbonyl (C=O) groups excluding carboxylic acids is 1. The average molecular weight is 746 g/mol. The number of amides is 1.